The Morgan fingerprint density at radius 3 is 1.97 bits per heavy atom. The van der Waals surface area contributed by atoms with E-state index >= 15 is 0 Å². The summed E-state index contributed by atoms with van der Waals surface area (Å²) < 4.78 is 0. The molecule has 2 aliphatic heterocycles. The molecule has 0 saturated carbocycles. The van der Waals surface area contributed by atoms with Gasteiger partial charge in [-0.1, -0.05) is 32.9 Å². The van der Waals surface area contributed by atoms with E-state index < -0.39 is 0 Å². The highest BCUT2D eigenvalue weighted by atomic mass is 32.2. The molecule has 6 nitrogen and oxygen atoms in total. The topological polar surface area (TPSA) is 61.4 Å². The summed E-state index contributed by atoms with van der Waals surface area (Å²) in [6.45, 7) is 10.4. The van der Waals surface area contributed by atoms with Crippen LogP contribution in [0.2, 0.25) is 0 Å². The summed E-state index contributed by atoms with van der Waals surface area (Å²) in [5, 5.41) is 12.2. The number of carbonyl (C=O) groups excluding carboxylic acids is 1. The van der Waals surface area contributed by atoms with E-state index in [1.54, 1.807) is 0 Å². The van der Waals surface area contributed by atoms with Gasteiger partial charge in [0.15, 0.2) is 11.6 Å². The monoisotopic (exact) mass is 439 g/mol. The lowest BCUT2D eigenvalue weighted by molar-refractivity contribution is 0.0931. The van der Waals surface area contributed by atoms with E-state index in [-0.39, 0.29) is 17.4 Å². The van der Waals surface area contributed by atoms with E-state index in [4.69, 9.17) is 0 Å². The number of carbonyl (C=O) groups is 1. The number of nitrogens with zero attached hydrogens (tertiary/aromatic N) is 4. The van der Waals surface area contributed by atoms with Crippen LogP contribution < -0.4 is 15.1 Å². The Balaban J connectivity index is 1.28. The normalized spacial score (nSPS) is 18.2. The number of hydrogen-bond donors (Lipinski definition) is 1. The Labute approximate surface area is 189 Å². The van der Waals surface area contributed by atoms with E-state index in [0.29, 0.717) is 0 Å². The maximum Gasteiger partial charge on any atom is 0.251 e. The van der Waals surface area contributed by atoms with Gasteiger partial charge >= 0.3 is 0 Å². The summed E-state index contributed by atoms with van der Waals surface area (Å²) in [7, 11) is 0. The highest BCUT2D eigenvalue weighted by Gasteiger charge is 2.23. The van der Waals surface area contributed by atoms with Crippen LogP contribution in [0.4, 0.5) is 11.6 Å². The van der Waals surface area contributed by atoms with Gasteiger partial charge in [-0.25, -0.2) is 0 Å². The van der Waals surface area contributed by atoms with Gasteiger partial charge in [0.2, 0.25) is 0 Å². The van der Waals surface area contributed by atoms with Crippen molar-refractivity contribution in [2.75, 3.05) is 47.5 Å². The first-order valence-electron chi connectivity index (χ1n) is 11.2. The molecule has 1 aromatic heterocycles. The van der Waals surface area contributed by atoms with E-state index in [9.17, 15) is 4.79 Å². The van der Waals surface area contributed by atoms with Crippen molar-refractivity contribution in [2.24, 2.45) is 0 Å². The first-order valence-corrected chi connectivity index (χ1v) is 12.4. The summed E-state index contributed by atoms with van der Waals surface area (Å²) in [5.41, 5.74) is 2.06. The molecule has 1 amide bonds. The molecule has 0 aliphatic carbocycles. The van der Waals surface area contributed by atoms with E-state index in [2.05, 4.69) is 70.4 Å². The SMILES string of the molecule is CC(C)(C)c1ccc(C(=O)NC2CCN(c3ccc(N4CCSCC4)nn3)CC2)cc1. The number of thioether (sulfide) groups is 1. The summed E-state index contributed by atoms with van der Waals surface area (Å²) in [6, 6.07) is 12.4. The fourth-order valence-corrected chi connectivity index (χ4v) is 4.99. The maximum atomic E-state index is 12.7. The van der Waals surface area contributed by atoms with Crippen molar-refractivity contribution in [3.63, 3.8) is 0 Å². The van der Waals surface area contributed by atoms with Gasteiger partial charge < -0.3 is 15.1 Å². The van der Waals surface area contributed by atoms with Gasteiger partial charge in [0, 0.05) is 49.3 Å². The molecule has 4 rings (SSSR count). The summed E-state index contributed by atoms with van der Waals surface area (Å²) in [6.07, 6.45) is 1.83. The summed E-state index contributed by atoms with van der Waals surface area (Å²) in [4.78, 5) is 17.2. The molecule has 2 saturated heterocycles. The minimum atomic E-state index is 0.0164. The zero-order valence-electron chi connectivity index (χ0n) is 18.8. The van der Waals surface area contributed by atoms with E-state index in [0.717, 1.165) is 67.7 Å². The second kappa shape index (κ2) is 9.47. The third kappa shape index (κ3) is 5.50. The molecular weight excluding hydrogens is 406 g/mol. The average molecular weight is 440 g/mol. The molecule has 0 atom stereocenters. The fraction of sp³-hybridized carbons (Fsp3) is 0.542. The highest BCUT2D eigenvalue weighted by molar-refractivity contribution is 7.99. The fourth-order valence-electron chi connectivity index (χ4n) is 4.09. The molecule has 2 aliphatic rings. The minimum Gasteiger partial charge on any atom is -0.355 e. The minimum absolute atomic E-state index is 0.0164. The van der Waals surface area contributed by atoms with Crippen LogP contribution in [0.1, 0.15) is 49.5 Å². The second-order valence-electron chi connectivity index (χ2n) is 9.41. The van der Waals surface area contributed by atoms with Crippen LogP contribution in [-0.4, -0.2) is 59.8 Å². The van der Waals surface area contributed by atoms with Gasteiger partial charge in [0.25, 0.3) is 5.91 Å². The Morgan fingerprint density at radius 2 is 1.45 bits per heavy atom. The van der Waals surface area contributed by atoms with Gasteiger partial charge in [0.05, 0.1) is 0 Å². The molecule has 31 heavy (non-hydrogen) atoms. The summed E-state index contributed by atoms with van der Waals surface area (Å²) >= 11 is 2.00. The number of hydrogen-bond acceptors (Lipinski definition) is 6. The Kier molecular flexibility index (Phi) is 6.70. The summed E-state index contributed by atoms with van der Waals surface area (Å²) in [5.74, 6) is 4.23. The predicted octanol–water partition coefficient (Wildman–Crippen LogP) is 3.73. The lowest BCUT2D eigenvalue weighted by atomic mass is 9.86. The lowest BCUT2D eigenvalue weighted by Crippen LogP contribution is -2.45. The van der Waals surface area contributed by atoms with Gasteiger partial charge in [-0.2, -0.15) is 11.8 Å². The molecule has 0 unspecified atom stereocenters. The van der Waals surface area contributed by atoms with Crippen molar-refractivity contribution >= 4 is 29.3 Å². The van der Waals surface area contributed by atoms with Crippen LogP contribution in [0, 0.1) is 0 Å². The molecule has 0 radical (unpaired) electrons. The van der Waals surface area contributed by atoms with Crippen LogP contribution in [0.5, 0.6) is 0 Å². The lowest BCUT2D eigenvalue weighted by Gasteiger charge is -2.33. The van der Waals surface area contributed by atoms with Crippen molar-refractivity contribution in [3.05, 3.63) is 47.5 Å². The van der Waals surface area contributed by atoms with Crippen molar-refractivity contribution in [2.45, 2.75) is 45.1 Å². The number of amides is 1. The first kappa shape index (κ1) is 21.9. The largest absolute Gasteiger partial charge is 0.355 e. The molecule has 7 heteroatoms. The number of nitrogens with one attached hydrogen (secondary N) is 1. The van der Waals surface area contributed by atoms with Crippen molar-refractivity contribution in [1.29, 1.82) is 0 Å². The average Bonchev–Trinajstić information content (AvgIpc) is 2.80. The molecule has 1 N–H and O–H groups in total. The van der Waals surface area contributed by atoms with Gasteiger partial charge in [-0.3, -0.25) is 4.79 Å². The second-order valence-corrected chi connectivity index (χ2v) is 10.6. The van der Waals surface area contributed by atoms with Crippen LogP contribution in [0.3, 0.4) is 0 Å². The van der Waals surface area contributed by atoms with Crippen LogP contribution in [0.25, 0.3) is 0 Å². The molecule has 2 aromatic rings. The quantitative estimate of drug-likeness (QED) is 0.783. The van der Waals surface area contributed by atoms with Crippen molar-refractivity contribution in [3.8, 4) is 0 Å². The molecule has 1 aromatic carbocycles. The zero-order valence-corrected chi connectivity index (χ0v) is 19.6. The molecular formula is C24H33N5OS. The zero-order chi connectivity index (χ0) is 21.8. The van der Waals surface area contributed by atoms with Crippen LogP contribution in [-0.2, 0) is 5.41 Å². The molecule has 3 heterocycles. The number of benzene rings is 1. The Hall–Kier alpha value is -2.28. The number of piperidine rings is 1. The number of aromatic nitrogens is 2. The van der Waals surface area contributed by atoms with E-state index in [1.807, 2.05) is 23.9 Å². The highest BCUT2D eigenvalue weighted by Crippen LogP contribution is 2.23. The number of rotatable bonds is 4. The Bertz CT molecular complexity index is 864. The maximum absolute atomic E-state index is 12.7. The first-order chi connectivity index (χ1) is 14.9. The third-order valence-electron chi connectivity index (χ3n) is 6.14. The van der Waals surface area contributed by atoms with Gasteiger partial charge in [-0.15, -0.1) is 10.2 Å². The van der Waals surface area contributed by atoms with Crippen molar-refractivity contribution < 1.29 is 4.79 Å². The van der Waals surface area contributed by atoms with Crippen molar-refractivity contribution in [1.82, 2.24) is 15.5 Å². The smallest absolute Gasteiger partial charge is 0.251 e. The molecule has 166 valence electrons. The standard InChI is InChI=1S/C24H33N5OS/c1-24(2,3)19-6-4-18(5-7-19)23(30)25-20-10-12-28(13-11-20)21-8-9-22(27-26-21)29-14-16-31-17-15-29/h4-9,20H,10-17H2,1-3H3,(H,25,30). The van der Waals surface area contributed by atoms with Crippen LogP contribution in [0.15, 0.2) is 36.4 Å². The predicted molar refractivity (Wildman–Crippen MR) is 129 cm³/mol. The molecule has 0 bridgehead atoms. The number of anilines is 2. The third-order valence-corrected chi connectivity index (χ3v) is 7.08. The van der Waals surface area contributed by atoms with Crippen LogP contribution >= 0.6 is 11.8 Å². The Morgan fingerprint density at radius 1 is 0.903 bits per heavy atom. The molecule has 0 spiro atoms. The van der Waals surface area contributed by atoms with Gasteiger partial charge in [-0.05, 0) is 48.1 Å². The van der Waals surface area contributed by atoms with Gasteiger partial charge in [0.1, 0.15) is 0 Å². The molecule has 2 fully saturated rings. The van der Waals surface area contributed by atoms with E-state index in [1.165, 1.54) is 5.56 Å².